The number of rotatable bonds is 8. The number of ether oxygens (including phenoxy) is 1. The van der Waals surface area contributed by atoms with Crippen LogP contribution in [0.5, 0.6) is 0 Å². The van der Waals surface area contributed by atoms with Crippen LogP contribution in [0.4, 0.5) is 0 Å². The third-order valence-corrected chi connectivity index (χ3v) is 3.13. The molecule has 20 heavy (non-hydrogen) atoms. The minimum absolute atomic E-state index is 0.138. The van der Waals surface area contributed by atoms with Gasteiger partial charge in [0.25, 0.3) is 0 Å². The van der Waals surface area contributed by atoms with E-state index in [4.69, 9.17) is 4.74 Å². The molecule has 106 valence electrons. The fraction of sp³-hybridized carbons (Fsp3) is 0.353. The maximum absolute atomic E-state index is 5.37. The molecular formula is C17H22N2O. The molecule has 0 fully saturated rings. The number of hydrogen-bond acceptors (Lipinski definition) is 3. The van der Waals surface area contributed by atoms with Crippen molar-refractivity contribution in [2.45, 2.75) is 19.4 Å². The quantitative estimate of drug-likeness (QED) is 0.748. The Morgan fingerprint density at radius 3 is 2.60 bits per heavy atom. The van der Waals surface area contributed by atoms with Crippen LogP contribution in [0.3, 0.4) is 0 Å². The third kappa shape index (κ3) is 4.44. The molecule has 0 amide bonds. The second kappa shape index (κ2) is 8.46. The molecule has 0 bridgehead atoms. The summed E-state index contributed by atoms with van der Waals surface area (Å²) in [6.45, 7) is 4.51. The molecule has 0 aliphatic heterocycles. The molecule has 1 N–H and O–H groups in total. The van der Waals surface area contributed by atoms with Gasteiger partial charge in [0.1, 0.15) is 0 Å². The lowest BCUT2D eigenvalue weighted by Crippen LogP contribution is -2.25. The zero-order valence-electron chi connectivity index (χ0n) is 12.0. The first-order chi connectivity index (χ1) is 9.92. The molecule has 1 heterocycles. The van der Waals surface area contributed by atoms with Crippen molar-refractivity contribution in [3.05, 3.63) is 66.0 Å². The highest BCUT2D eigenvalue weighted by Gasteiger charge is 2.13. The van der Waals surface area contributed by atoms with Gasteiger partial charge in [-0.05, 0) is 37.6 Å². The van der Waals surface area contributed by atoms with E-state index in [1.807, 2.05) is 31.3 Å². The lowest BCUT2D eigenvalue weighted by molar-refractivity contribution is 0.144. The van der Waals surface area contributed by atoms with Crippen molar-refractivity contribution in [1.29, 1.82) is 0 Å². The average molecular weight is 270 g/mol. The zero-order chi connectivity index (χ0) is 14.0. The van der Waals surface area contributed by atoms with Crippen molar-refractivity contribution in [1.82, 2.24) is 10.3 Å². The molecule has 0 unspecified atom stereocenters. The highest BCUT2D eigenvalue weighted by Crippen LogP contribution is 2.19. The summed E-state index contributed by atoms with van der Waals surface area (Å²) in [5.74, 6) is 0. The molecule has 1 atom stereocenters. The van der Waals surface area contributed by atoms with Crippen molar-refractivity contribution < 1.29 is 4.74 Å². The van der Waals surface area contributed by atoms with E-state index in [0.29, 0.717) is 0 Å². The Balaban J connectivity index is 2.02. The van der Waals surface area contributed by atoms with Crippen molar-refractivity contribution in [3.8, 4) is 0 Å². The summed E-state index contributed by atoms with van der Waals surface area (Å²) in [5, 5.41) is 3.57. The molecule has 1 aromatic heterocycles. The molecule has 3 heteroatoms. The van der Waals surface area contributed by atoms with Gasteiger partial charge in [-0.25, -0.2) is 0 Å². The molecule has 3 nitrogen and oxygen atoms in total. The largest absolute Gasteiger partial charge is 0.382 e. The Morgan fingerprint density at radius 1 is 1.10 bits per heavy atom. The van der Waals surface area contributed by atoms with E-state index >= 15 is 0 Å². The van der Waals surface area contributed by atoms with Crippen LogP contribution in [0.25, 0.3) is 0 Å². The fourth-order valence-electron chi connectivity index (χ4n) is 2.15. The van der Waals surface area contributed by atoms with E-state index < -0.39 is 0 Å². The van der Waals surface area contributed by atoms with Crippen molar-refractivity contribution in [3.63, 3.8) is 0 Å². The highest BCUT2D eigenvalue weighted by molar-refractivity contribution is 5.27. The SMILES string of the molecule is CCOCCCN[C@@H](c1ccccc1)c1ccccn1. The Bertz CT molecular complexity index is 433. The molecule has 2 rings (SSSR count). The maximum atomic E-state index is 5.37. The fourth-order valence-corrected chi connectivity index (χ4v) is 2.15. The van der Waals surface area contributed by atoms with Gasteiger partial charge in [0.05, 0.1) is 11.7 Å². The van der Waals surface area contributed by atoms with Crippen LogP contribution in [0, 0.1) is 0 Å². The number of benzene rings is 1. The molecule has 1 aromatic carbocycles. The van der Waals surface area contributed by atoms with Crippen LogP contribution >= 0.6 is 0 Å². The summed E-state index contributed by atoms with van der Waals surface area (Å²) < 4.78 is 5.37. The van der Waals surface area contributed by atoms with Gasteiger partial charge in [-0.2, -0.15) is 0 Å². The number of pyridine rings is 1. The molecule has 0 saturated heterocycles. The van der Waals surface area contributed by atoms with Gasteiger partial charge in [-0.3, -0.25) is 4.98 Å². The van der Waals surface area contributed by atoms with Crippen molar-refractivity contribution >= 4 is 0 Å². The Morgan fingerprint density at radius 2 is 1.90 bits per heavy atom. The third-order valence-electron chi connectivity index (χ3n) is 3.13. The van der Waals surface area contributed by atoms with Crippen LogP contribution in [0.2, 0.25) is 0 Å². The average Bonchev–Trinajstić information content (AvgIpc) is 2.53. The zero-order valence-corrected chi connectivity index (χ0v) is 12.0. The van der Waals surface area contributed by atoms with Gasteiger partial charge in [-0.1, -0.05) is 36.4 Å². The summed E-state index contributed by atoms with van der Waals surface area (Å²) >= 11 is 0. The lowest BCUT2D eigenvalue weighted by Gasteiger charge is -2.18. The first kappa shape index (κ1) is 14.7. The van der Waals surface area contributed by atoms with Crippen LogP contribution < -0.4 is 5.32 Å². The second-order valence-electron chi connectivity index (χ2n) is 4.60. The molecule has 0 radical (unpaired) electrons. The van der Waals surface area contributed by atoms with Gasteiger partial charge in [0.15, 0.2) is 0 Å². The highest BCUT2D eigenvalue weighted by atomic mass is 16.5. The van der Waals surface area contributed by atoms with Crippen molar-refractivity contribution in [2.75, 3.05) is 19.8 Å². The number of nitrogens with zero attached hydrogens (tertiary/aromatic N) is 1. The summed E-state index contributed by atoms with van der Waals surface area (Å²) in [6, 6.07) is 16.6. The topological polar surface area (TPSA) is 34.1 Å². The van der Waals surface area contributed by atoms with Crippen LogP contribution in [-0.2, 0) is 4.74 Å². The van der Waals surface area contributed by atoms with E-state index in [2.05, 4.69) is 40.6 Å². The first-order valence-electron chi connectivity index (χ1n) is 7.19. The molecule has 0 spiro atoms. The Kier molecular flexibility index (Phi) is 6.21. The summed E-state index contributed by atoms with van der Waals surface area (Å²) in [7, 11) is 0. The van der Waals surface area contributed by atoms with E-state index in [9.17, 15) is 0 Å². The predicted molar refractivity (Wildman–Crippen MR) is 81.6 cm³/mol. The summed E-state index contributed by atoms with van der Waals surface area (Å²) in [6.07, 6.45) is 2.84. The molecule has 0 aliphatic carbocycles. The van der Waals surface area contributed by atoms with E-state index in [0.717, 1.165) is 31.9 Å². The van der Waals surface area contributed by atoms with E-state index in [-0.39, 0.29) is 6.04 Å². The summed E-state index contributed by atoms with van der Waals surface area (Å²) in [4.78, 5) is 4.48. The molecular weight excluding hydrogens is 248 g/mol. The Hall–Kier alpha value is -1.71. The number of nitrogens with one attached hydrogen (secondary N) is 1. The number of hydrogen-bond donors (Lipinski definition) is 1. The molecule has 0 saturated carbocycles. The number of aromatic nitrogens is 1. The van der Waals surface area contributed by atoms with Gasteiger partial charge in [0.2, 0.25) is 0 Å². The molecule has 0 aliphatic rings. The van der Waals surface area contributed by atoms with Crippen molar-refractivity contribution in [2.24, 2.45) is 0 Å². The van der Waals surface area contributed by atoms with Crippen LogP contribution in [-0.4, -0.2) is 24.7 Å². The van der Waals surface area contributed by atoms with Gasteiger partial charge in [0, 0.05) is 19.4 Å². The van der Waals surface area contributed by atoms with Crippen LogP contribution in [0.1, 0.15) is 30.6 Å². The van der Waals surface area contributed by atoms with E-state index in [1.54, 1.807) is 0 Å². The second-order valence-corrected chi connectivity index (χ2v) is 4.60. The minimum atomic E-state index is 0.138. The maximum Gasteiger partial charge on any atom is 0.0751 e. The standard InChI is InChI=1S/C17H22N2O/c1-2-20-14-8-13-19-17(15-9-4-3-5-10-15)16-11-6-7-12-18-16/h3-7,9-12,17,19H,2,8,13-14H2,1H3/t17-/m0/s1. The van der Waals surface area contributed by atoms with Gasteiger partial charge in [-0.15, -0.1) is 0 Å². The molecule has 2 aromatic rings. The predicted octanol–water partition coefficient (Wildman–Crippen LogP) is 3.19. The minimum Gasteiger partial charge on any atom is -0.382 e. The normalized spacial score (nSPS) is 12.2. The summed E-state index contributed by atoms with van der Waals surface area (Å²) in [5.41, 5.74) is 2.29. The van der Waals surface area contributed by atoms with E-state index in [1.165, 1.54) is 5.56 Å². The Labute approximate surface area is 121 Å². The van der Waals surface area contributed by atoms with Gasteiger partial charge < -0.3 is 10.1 Å². The van der Waals surface area contributed by atoms with Crippen LogP contribution in [0.15, 0.2) is 54.7 Å². The van der Waals surface area contributed by atoms with Gasteiger partial charge >= 0.3 is 0 Å². The lowest BCUT2D eigenvalue weighted by atomic mass is 10.0. The smallest absolute Gasteiger partial charge is 0.0751 e. The monoisotopic (exact) mass is 270 g/mol. The first-order valence-corrected chi connectivity index (χ1v) is 7.19.